The smallest absolute Gasteiger partial charge is 0.260 e. The van der Waals surface area contributed by atoms with Crippen LogP contribution in [0, 0.1) is 12.7 Å². The number of amides is 1. The van der Waals surface area contributed by atoms with Gasteiger partial charge in [0.15, 0.2) is 12.5 Å². The van der Waals surface area contributed by atoms with E-state index in [1.54, 1.807) is 12.3 Å². The van der Waals surface area contributed by atoms with E-state index in [0.29, 0.717) is 36.9 Å². The molecule has 1 atom stereocenters. The Morgan fingerprint density at radius 1 is 1.27 bits per heavy atom. The molecule has 0 unspecified atom stereocenters. The van der Waals surface area contributed by atoms with Gasteiger partial charge < -0.3 is 14.1 Å². The summed E-state index contributed by atoms with van der Waals surface area (Å²) in [5.74, 6) is 1.79. The van der Waals surface area contributed by atoms with E-state index in [1.165, 1.54) is 12.1 Å². The third-order valence-electron chi connectivity index (χ3n) is 5.35. The van der Waals surface area contributed by atoms with Gasteiger partial charge in [0.25, 0.3) is 5.91 Å². The SMILES string of the molecule is Cc1ccc(OCC(=O)N2CCC[C@H](c3ncc(Cc4cccc(F)c4)o3)C2)cc1. The molecule has 156 valence electrons. The lowest BCUT2D eigenvalue weighted by molar-refractivity contribution is -0.134. The minimum Gasteiger partial charge on any atom is -0.484 e. The van der Waals surface area contributed by atoms with Crippen LogP contribution in [0.4, 0.5) is 4.39 Å². The van der Waals surface area contributed by atoms with Gasteiger partial charge in [0.1, 0.15) is 17.3 Å². The van der Waals surface area contributed by atoms with Crippen molar-refractivity contribution < 1.29 is 18.3 Å². The van der Waals surface area contributed by atoms with Crippen molar-refractivity contribution in [3.05, 3.63) is 83.3 Å². The summed E-state index contributed by atoms with van der Waals surface area (Å²) in [7, 11) is 0. The van der Waals surface area contributed by atoms with Crippen molar-refractivity contribution in [3.8, 4) is 5.75 Å². The highest BCUT2D eigenvalue weighted by molar-refractivity contribution is 5.78. The molecule has 30 heavy (non-hydrogen) atoms. The summed E-state index contributed by atoms with van der Waals surface area (Å²) >= 11 is 0. The predicted molar refractivity (Wildman–Crippen MR) is 111 cm³/mol. The monoisotopic (exact) mass is 408 g/mol. The number of oxazole rings is 1. The van der Waals surface area contributed by atoms with E-state index in [0.717, 1.165) is 24.0 Å². The molecule has 1 amide bonds. The lowest BCUT2D eigenvalue weighted by atomic mass is 9.98. The number of likely N-dealkylation sites (tertiary alicyclic amines) is 1. The largest absolute Gasteiger partial charge is 0.484 e. The summed E-state index contributed by atoms with van der Waals surface area (Å²) in [5, 5.41) is 0. The number of carbonyl (C=O) groups is 1. The van der Waals surface area contributed by atoms with E-state index < -0.39 is 0 Å². The lowest BCUT2D eigenvalue weighted by Gasteiger charge is -2.31. The number of nitrogens with zero attached hydrogens (tertiary/aromatic N) is 2. The standard InChI is InChI=1S/C24H25FN2O3/c1-17-7-9-21(10-8-17)29-16-23(28)27-11-3-5-19(15-27)24-26-14-22(30-24)13-18-4-2-6-20(25)12-18/h2,4,6-10,12,14,19H,3,5,11,13,15-16H2,1H3/t19-/m0/s1. The summed E-state index contributed by atoms with van der Waals surface area (Å²) in [6.07, 6.45) is 4.00. The number of piperidine rings is 1. The van der Waals surface area contributed by atoms with Gasteiger partial charge in [-0.2, -0.15) is 0 Å². The number of aromatic nitrogens is 1. The average Bonchev–Trinajstić information content (AvgIpc) is 3.22. The molecule has 1 saturated heterocycles. The topological polar surface area (TPSA) is 55.6 Å². The third-order valence-corrected chi connectivity index (χ3v) is 5.35. The van der Waals surface area contributed by atoms with Crippen LogP contribution >= 0.6 is 0 Å². The van der Waals surface area contributed by atoms with Crippen LogP contribution in [-0.2, 0) is 11.2 Å². The minimum atomic E-state index is -0.262. The Hall–Kier alpha value is -3.15. The molecule has 0 saturated carbocycles. The fraction of sp³-hybridized carbons (Fsp3) is 0.333. The molecule has 0 radical (unpaired) electrons. The first-order valence-corrected chi connectivity index (χ1v) is 10.2. The van der Waals surface area contributed by atoms with Gasteiger partial charge in [-0.3, -0.25) is 4.79 Å². The molecule has 3 aromatic rings. The lowest BCUT2D eigenvalue weighted by Crippen LogP contribution is -2.41. The van der Waals surface area contributed by atoms with Gasteiger partial charge in [-0.1, -0.05) is 29.8 Å². The van der Waals surface area contributed by atoms with Gasteiger partial charge in [-0.25, -0.2) is 9.37 Å². The Kier molecular flexibility index (Phi) is 6.12. The van der Waals surface area contributed by atoms with Gasteiger partial charge >= 0.3 is 0 Å². The van der Waals surface area contributed by atoms with Crippen LogP contribution in [0.3, 0.4) is 0 Å². The molecule has 6 heteroatoms. The van der Waals surface area contributed by atoms with Crippen molar-refractivity contribution in [3.63, 3.8) is 0 Å². The van der Waals surface area contributed by atoms with Gasteiger partial charge in [-0.15, -0.1) is 0 Å². The number of halogens is 1. The predicted octanol–water partition coefficient (Wildman–Crippen LogP) is 4.50. The Morgan fingerprint density at radius 3 is 2.90 bits per heavy atom. The van der Waals surface area contributed by atoms with E-state index in [4.69, 9.17) is 9.15 Å². The van der Waals surface area contributed by atoms with Gasteiger partial charge in [-0.05, 0) is 49.6 Å². The first-order chi connectivity index (χ1) is 14.6. The van der Waals surface area contributed by atoms with E-state index in [-0.39, 0.29) is 24.2 Å². The average molecular weight is 408 g/mol. The molecule has 1 aliphatic rings. The molecule has 2 aromatic carbocycles. The van der Waals surface area contributed by atoms with Crippen LogP contribution in [-0.4, -0.2) is 35.5 Å². The molecule has 0 N–H and O–H groups in total. The molecule has 5 nitrogen and oxygen atoms in total. The summed E-state index contributed by atoms with van der Waals surface area (Å²) in [4.78, 5) is 18.9. The number of benzene rings is 2. The van der Waals surface area contributed by atoms with Crippen molar-refractivity contribution in [1.29, 1.82) is 0 Å². The second-order valence-corrected chi connectivity index (χ2v) is 7.75. The van der Waals surface area contributed by atoms with Crippen molar-refractivity contribution in [2.24, 2.45) is 0 Å². The molecular weight excluding hydrogens is 383 g/mol. The second-order valence-electron chi connectivity index (χ2n) is 7.75. The molecule has 4 rings (SSSR count). The Morgan fingerprint density at radius 2 is 2.10 bits per heavy atom. The van der Waals surface area contributed by atoms with Crippen LogP contribution < -0.4 is 4.74 Å². The van der Waals surface area contributed by atoms with Crippen molar-refractivity contribution >= 4 is 5.91 Å². The number of aryl methyl sites for hydroxylation is 1. The van der Waals surface area contributed by atoms with Crippen LogP contribution in [0.5, 0.6) is 5.75 Å². The molecule has 0 aliphatic carbocycles. The summed E-state index contributed by atoms with van der Waals surface area (Å²) < 4.78 is 24.9. The van der Waals surface area contributed by atoms with E-state index in [2.05, 4.69) is 4.98 Å². The third kappa shape index (κ3) is 5.06. The second kappa shape index (κ2) is 9.11. The highest BCUT2D eigenvalue weighted by Gasteiger charge is 2.28. The van der Waals surface area contributed by atoms with Crippen LogP contribution in [0.25, 0.3) is 0 Å². The van der Waals surface area contributed by atoms with Crippen LogP contribution in [0.15, 0.2) is 59.1 Å². The van der Waals surface area contributed by atoms with E-state index >= 15 is 0 Å². The molecule has 1 aliphatic heterocycles. The van der Waals surface area contributed by atoms with Gasteiger partial charge in [0.2, 0.25) is 0 Å². The van der Waals surface area contributed by atoms with E-state index in [9.17, 15) is 9.18 Å². The number of carbonyl (C=O) groups excluding carboxylic acids is 1. The van der Waals surface area contributed by atoms with Crippen LogP contribution in [0.2, 0.25) is 0 Å². The summed E-state index contributed by atoms with van der Waals surface area (Å²) in [5.41, 5.74) is 1.99. The summed E-state index contributed by atoms with van der Waals surface area (Å²) in [6.45, 7) is 3.31. The summed E-state index contributed by atoms with van der Waals surface area (Å²) in [6, 6.07) is 14.1. The first kappa shape index (κ1) is 20.1. The molecule has 2 heterocycles. The highest BCUT2D eigenvalue weighted by atomic mass is 19.1. The fourth-order valence-electron chi connectivity index (χ4n) is 3.72. The van der Waals surface area contributed by atoms with Gasteiger partial charge in [0.05, 0.1) is 12.1 Å². The Balaban J connectivity index is 1.33. The number of hydrogen-bond donors (Lipinski definition) is 0. The molecule has 0 spiro atoms. The Bertz CT molecular complexity index is 1000. The first-order valence-electron chi connectivity index (χ1n) is 10.2. The Labute approximate surface area is 175 Å². The maximum Gasteiger partial charge on any atom is 0.260 e. The number of rotatable bonds is 6. The molecule has 1 fully saturated rings. The van der Waals surface area contributed by atoms with Gasteiger partial charge in [0, 0.05) is 19.5 Å². The van der Waals surface area contributed by atoms with E-state index in [1.807, 2.05) is 42.2 Å². The zero-order valence-electron chi connectivity index (χ0n) is 17.0. The number of hydrogen-bond acceptors (Lipinski definition) is 4. The normalized spacial score (nSPS) is 16.5. The van der Waals surface area contributed by atoms with Crippen molar-refractivity contribution in [2.75, 3.05) is 19.7 Å². The quantitative estimate of drug-likeness (QED) is 0.603. The zero-order chi connectivity index (χ0) is 20.9. The van der Waals surface area contributed by atoms with Crippen molar-refractivity contribution in [1.82, 2.24) is 9.88 Å². The maximum atomic E-state index is 13.4. The molecule has 0 bridgehead atoms. The molecule has 1 aromatic heterocycles. The van der Waals surface area contributed by atoms with Crippen LogP contribution in [0.1, 0.15) is 41.5 Å². The maximum absolute atomic E-state index is 13.4. The minimum absolute atomic E-state index is 0.0200. The fourth-order valence-corrected chi connectivity index (χ4v) is 3.72. The van der Waals surface area contributed by atoms with Crippen molar-refractivity contribution in [2.45, 2.75) is 32.1 Å². The zero-order valence-corrected chi connectivity index (χ0v) is 17.0. The highest BCUT2D eigenvalue weighted by Crippen LogP contribution is 2.27. The number of ether oxygens (including phenoxy) is 1. The molecular formula is C24H25FN2O3.